The summed E-state index contributed by atoms with van der Waals surface area (Å²) in [7, 11) is 5.24. The Morgan fingerprint density at radius 3 is 2.59 bits per heavy atom. The summed E-state index contributed by atoms with van der Waals surface area (Å²) in [5.74, 6) is -0.231. The van der Waals surface area contributed by atoms with Crippen molar-refractivity contribution in [3.05, 3.63) is 35.7 Å². The number of aryl methyl sites for hydroxylation is 2. The Balaban J connectivity index is 2.32. The van der Waals surface area contributed by atoms with Crippen LogP contribution in [-0.2, 0) is 14.1 Å². The standard InChI is InChI=1S/C16H17N3O3/c1-9-15(12-8-14(16(20)21)19(3)17-12)11-7-10(22-4)5-6-13(11)18(9)2/h5-8H,1-4H3,(H,20,21). The number of aromatic carboxylic acids is 1. The largest absolute Gasteiger partial charge is 0.497 e. The summed E-state index contributed by atoms with van der Waals surface area (Å²) in [5, 5.41) is 14.6. The highest BCUT2D eigenvalue weighted by molar-refractivity contribution is 5.99. The number of methoxy groups -OCH3 is 1. The van der Waals surface area contributed by atoms with Gasteiger partial charge in [-0.05, 0) is 31.2 Å². The number of carboxylic acid groups (broad SMARTS) is 1. The highest BCUT2D eigenvalue weighted by atomic mass is 16.5. The van der Waals surface area contributed by atoms with Crippen LogP contribution in [-0.4, -0.2) is 32.5 Å². The lowest BCUT2D eigenvalue weighted by molar-refractivity contribution is 0.0685. The first-order chi connectivity index (χ1) is 10.4. The molecule has 0 aliphatic heterocycles. The van der Waals surface area contributed by atoms with Crippen molar-refractivity contribution in [2.75, 3.05) is 7.11 Å². The molecule has 114 valence electrons. The first kappa shape index (κ1) is 14.2. The first-order valence-corrected chi connectivity index (χ1v) is 6.84. The van der Waals surface area contributed by atoms with E-state index in [-0.39, 0.29) is 5.69 Å². The van der Waals surface area contributed by atoms with Crippen LogP contribution in [0.4, 0.5) is 0 Å². The molecule has 0 atom stereocenters. The third kappa shape index (κ3) is 1.95. The Bertz CT molecular complexity index is 890. The van der Waals surface area contributed by atoms with Crippen LogP contribution < -0.4 is 4.74 Å². The van der Waals surface area contributed by atoms with Gasteiger partial charge in [0.05, 0.1) is 12.8 Å². The van der Waals surface area contributed by atoms with Crippen LogP contribution >= 0.6 is 0 Å². The van der Waals surface area contributed by atoms with Crippen molar-refractivity contribution in [1.29, 1.82) is 0 Å². The van der Waals surface area contributed by atoms with E-state index in [0.29, 0.717) is 5.69 Å². The second-order valence-corrected chi connectivity index (χ2v) is 5.25. The van der Waals surface area contributed by atoms with Gasteiger partial charge in [-0.3, -0.25) is 4.68 Å². The third-order valence-electron chi connectivity index (χ3n) is 4.05. The molecule has 0 bridgehead atoms. The molecule has 22 heavy (non-hydrogen) atoms. The van der Waals surface area contributed by atoms with Crippen molar-refractivity contribution in [2.45, 2.75) is 6.92 Å². The Morgan fingerprint density at radius 2 is 2.00 bits per heavy atom. The summed E-state index contributed by atoms with van der Waals surface area (Å²) in [6, 6.07) is 7.45. The van der Waals surface area contributed by atoms with Gasteiger partial charge in [-0.2, -0.15) is 5.10 Å². The molecule has 0 saturated carbocycles. The Hall–Kier alpha value is -2.76. The SMILES string of the molecule is COc1ccc2c(c1)c(-c1cc(C(=O)O)n(C)n1)c(C)n2C. The minimum atomic E-state index is -0.989. The molecule has 0 aliphatic rings. The normalized spacial score (nSPS) is 11.1. The predicted octanol–water partition coefficient (Wildman–Crippen LogP) is 2.59. The second kappa shape index (κ2) is 4.91. The quantitative estimate of drug-likeness (QED) is 0.807. The highest BCUT2D eigenvalue weighted by Crippen LogP contribution is 2.35. The summed E-state index contributed by atoms with van der Waals surface area (Å²) >= 11 is 0. The number of benzene rings is 1. The van der Waals surface area contributed by atoms with Crippen molar-refractivity contribution in [3.8, 4) is 17.0 Å². The number of nitrogens with zero attached hydrogens (tertiary/aromatic N) is 3. The van der Waals surface area contributed by atoms with Crippen LogP contribution in [0.3, 0.4) is 0 Å². The number of carbonyl (C=O) groups is 1. The maximum Gasteiger partial charge on any atom is 0.354 e. The molecule has 0 fully saturated rings. The number of ether oxygens (including phenoxy) is 1. The Kier molecular flexibility index (Phi) is 3.16. The molecule has 1 N–H and O–H groups in total. The van der Waals surface area contributed by atoms with Gasteiger partial charge in [-0.1, -0.05) is 0 Å². The summed E-state index contributed by atoms with van der Waals surface area (Å²) in [6.45, 7) is 2.00. The van der Waals surface area contributed by atoms with Gasteiger partial charge in [0.2, 0.25) is 0 Å². The van der Waals surface area contributed by atoms with Crippen molar-refractivity contribution in [2.24, 2.45) is 14.1 Å². The molecular formula is C16H17N3O3. The summed E-state index contributed by atoms with van der Waals surface area (Å²) in [4.78, 5) is 11.2. The van der Waals surface area contributed by atoms with E-state index in [1.165, 1.54) is 4.68 Å². The zero-order chi connectivity index (χ0) is 16.0. The van der Waals surface area contributed by atoms with Gasteiger partial charge in [-0.25, -0.2) is 4.79 Å². The van der Waals surface area contributed by atoms with Gasteiger partial charge in [0.15, 0.2) is 0 Å². The number of hydrogen-bond acceptors (Lipinski definition) is 3. The average molecular weight is 299 g/mol. The van der Waals surface area contributed by atoms with E-state index in [0.717, 1.165) is 27.9 Å². The molecule has 2 heterocycles. The third-order valence-corrected chi connectivity index (χ3v) is 4.05. The minimum absolute atomic E-state index is 0.161. The molecule has 0 spiro atoms. The summed E-state index contributed by atoms with van der Waals surface area (Å²) in [6.07, 6.45) is 0. The monoisotopic (exact) mass is 299 g/mol. The van der Waals surface area contributed by atoms with Crippen LogP contribution in [0.5, 0.6) is 5.75 Å². The maximum atomic E-state index is 11.2. The number of hydrogen-bond donors (Lipinski definition) is 1. The topological polar surface area (TPSA) is 69.3 Å². The van der Waals surface area contributed by atoms with Gasteiger partial charge < -0.3 is 14.4 Å². The van der Waals surface area contributed by atoms with Crippen LogP contribution in [0.2, 0.25) is 0 Å². The minimum Gasteiger partial charge on any atom is -0.497 e. The van der Waals surface area contributed by atoms with Crippen LogP contribution in [0.1, 0.15) is 16.2 Å². The Labute approximate surface area is 127 Å². The van der Waals surface area contributed by atoms with E-state index in [1.807, 2.05) is 32.2 Å². The molecule has 0 amide bonds. The molecule has 0 radical (unpaired) electrons. The van der Waals surface area contributed by atoms with Crippen molar-refractivity contribution in [1.82, 2.24) is 14.3 Å². The molecule has 3 rings (SSSR count). The molecule has 6 heteroatoms. The van der Waals surface area contributed by atoms with Crippen molar-refractivity contribution in [3.63, 3.8) is 0 Å². The van der Waals surface area contributed by atoms with Gasteiger partial charge in [0.1, 0.15) is 11.4 Å². The van der Waals surface area contributed by atoms with Gasteiger partial charge in [0.25, 0.3) is 0 Å². The van der Waals surface area contributed by atoms with E-state index in [2.05, 4.69) is 9.67 Å². The lowest BCUT2D eigenvalue weighted by Crippen LogP contribution is -2.04. The maximum absolute atomic E-state index is 11.2. The summed E-state index contributed by atoms with van der Waals surface area (Å²) < 4.78 is 8.75. The molecule has 0 aliphatic carbocycles. The molecular weight excluding hydrogens is 282 g/mol. The van der Waals surface area contributed by atoms with Gasteiger partial charge in [0, 0.05) is 36.3 Å². The van der Waals surface area contributed by atoms with Crippen LogP contribution in [0.15, 0.2) is 24.3 Å². The molecule has 0 saturated heterocycles. The fourth-order valence-electron chi connectivity index (χ4n) is 2.79. The summed E-state index contributed by atoms with van der Waals surface area (Å²) in [5.41, 5.74) is 3.82. The average Bonchev–Trinajstić information content (AvgIpc) is 2.98. The number of fused-ring (bicyclic) bond motifs is 1. The smallest absolute Gasteiger partial charge is 0.354 e. The first-order valence-electron chi connectivity index (χ1n) is 6.84. The fraction of sp³-hybridized carbons (Fsp3) is 0.250. The van der Waals surface area contributed by atoms with E-state index in [4.69, 9.17) is 4.74 Å². The van der Waals surface area contributed by atoms with E-state index in [1.54, 1.807) is 20.2 Å². The van der Waals surface area contributed by atoms with Crippen LogP contribution in [0, 0.1) is 6.92 Å². The highest BCUT2D eigenvalue weighted by Gasteiger charge is 2.19. The van der Waals surface area contributed by atoms with Crippen LogP contribution in [0.25, 0.3) is 22.2 Å². The molecule has 2 aromatic heterocycles. The second-order valence-electron chi connectivity index (χ2n) is 5.25. The van der Waals surface area contributed by atoms with E-state index in [9.17, 15) is 9.90 Å². The number of rotatable bonds is 3. The lowest BCUT2D eigenvalue weighted by Gasteiger charge is -2.01. The van der Waals surface area contributed by atoms with E-state index >= 15 is 0 Å². The van der Waals surface area contributed by atoms with Gasteiger partial charge >= 0.3 is 5.97 Å². The van der Waals surface area contributed by atoms with Gasteiger partial charge in [-0.15, -0.1) is 0 Å². The van der Waals surface area contributed by atoms with Crippen molar-refractivity contribution < 1.29 is 14.6 Å². The molecule has 3 aromatic rings. The van der Waals surface area contributed by atoms with Crippen molar-refractivity contribution >= 4 is 16.9 Å². The molecule has 1 aromatic carbocycles. The number of aromatic nitrogens is 3. The Morgan fingerprint density at radius 1 is 1.27 bits per heavy atom. The zero-order valence-corrected chi connectivity index (χ0v) is 12.9. The predicted molar refractivity (Wildman–Crippen MR) is 83.4 cm³/mol. The number of carboxylic acids is 1. The fourth-order valence-corrected chi connectivity index (χ4v) is 2.79. The molecule has 6 nitrogen and oxygen atoms in total. The lowest BCUT2D eigenvalue weighted by atomic mass is 10.1. The van der Waals surface area contributed by atoms with E-state index < -0.39 is 5.97 Å². The molecule has 0 unspecified atom stereocenters. The zero-order valence-electron chi connectivity index (χ0n) is 12.9.